The van der Waals surface area contributed by atoms with E-state index in [9.17, 15) is 4.21 Å². The van der Waals surface area contributed by atoms with E-state index in [-0.39, 0.29) is 0 Å². The van der Waals surface area contributed by atoms with Gasteiger partial charge in [0.05, 0.1) is 21.7 Å². The van der Waals surface area contributed by atoms with Crippen LogP contribution < -0.4 is 4.90 Å². The molecule has 8 heteroatoms. The van der Waals surface area contributed by atoms with Crippen LogP contribution >= 0.6 is 34.8 Å². The largest absolute Gasteiger partial charge is 0.368 e. The van der Waals surface area contributed by atoms with Crippen molar-refractivity contribution in [3.63, 3.8) is 0 Å². The van der Waals surface area contributed by atoms with Crippen LogP contribution in [0.3, 0.4) is 0 Å². The van der Waals surface area contributed by atoms with Gasteiger partial charge in [-0.2, -0.15) is 0 Å². The lowest BCUT2D eigenvalue weighted by Gasteiger charge is -2.37. The van der Waals surface area contributed by atoms with Gasteiger partial charge in [0, 0.05) is 54.6 Å². The minimum absolute atomic E-state index is 0.479. The molecule has 5 rings (SSSR count). The molecule has 186 valence electrons. The van der Waals surface area contributed by atoms with Crippen molar-refractivity contribution in [1.29, 1.82) is 0 Å². The van der Waals surface area contributed by atoms with Crippen LogP contribution in [0.1, 0.15) is 32.1 Å². The summed E-state index contributed by atoms with van der Waals surface area (Å²) in [5.41, 5.74) is 1.09. The molecule has 0 spiro atoms. The molecule has 1 atom stereocenters. The highest BCUT2D eigenvalue weighted by Gasteiger charge is 2.34. The van der Waals surface area contributed by atoms with Crippen LogP contribution in [0, 0.1) is 5.92 Å². The molecule has 1 saturated carbocycles. The number of benzene rings is 2. The van der Waals surface area contributed by atoms with E-state index >= 15 is 0 Å². The van der Waals surface area contributed by atoms with Gasteiger partial charge in [-0.25, -0.2) is 8.51 Å². The van der Waals surface area contributed by atoms with E-state index in [0.29, 0.717) is 10.3 Å². The smallest absolute Gasteiger partial charge is 0.0974 e. The lowest BCUT2D eigenvalue weighted by molar-refractivity contribution is 0.208. The van der Waals surface area contributed by atoms with Gasteiger partial charge in [-0.3, -0.25) is 4.90 Å². The van der Waals surface area contributed by atoms with Gasteiger partial charge >= 0.3 is 0 Å². The van der Waals surface area contributed by atoms with E-state index in [0.717, 1.165) is 60.9 Å². The Morgan fingerprint density at radius 2 is 1.47 bits per heavy atom. The fraction of sp³-hybridized carbons (Fsp3) is 0.538. The number of piperazine rings is 1. The van der Waals surface area contributed by atoms with Crippen LogP contribution in [-0.4, -0.2) is 64.5 Å². The van der Waals surface area contributed by atoms with E-state index in [1.807, 2.05) is 48.5 Å². The summed E-state index contributed by atoms with van der Waals surface area (Å²) in [6.07, 6.45) is 6.02. The Labute approximate surface area is 221 Å². The van der Waals surface area contributed by atoms with E-state index in [1.165, 1.54) is 38.6 Å². The number of nitrogens with zero attached hydrogens (tertiary/aromatic N) is 3. The number of hydrogen-bond acceptors (Lipinski definition) is 3. The highest BCUT2D eigenvalue weighted by atomic mass is 35.5. The molecule has 1 aliphatic carbocycles. The Kier molecular flexibility index (Phi) is 9.99. The molecule has 2 aliphatic heterocycles. The van der Waals surface area contributed by atoms with E-state index in [2.05, 4.69) is 14.1 Å². The molecule has 0 bridgehead atoms. The Balaban J connectivity index is 0.000000336. The lowest BCUT2D eigenvalue weighted by Crippen LogP contribution is -2.47. The first-order valence-electron chi connectivity index (χ1n) is 12.3. The number of hydrogen-bond donors (Lipinski definition) is 0. The van der Waals surface area contributed by atoms with E-state index in [1.54, 1.807) is 0 Å². The van der Waals surface area contributed by atoms with Gasteiger partial charge in [0.1, 0.15) is 0 Å². The van der Waals surface area contributed by atoms with Crippen LogP contribution in [-0.2, 0) is 11.0 Å². The SMILES string of the molecule is Clc1ccccc1.O=S(C1CC1)N1CCC(CCN2CCN(c3ccc(Cl)cc3Cl)CC2)CC1. The normalized spacial score (nSPS) is 21.1. The molecule has 2 saturated heterocycles. The fourth-order valence-corrected chi connectivity index (χ4v) is 6.79. The Bertz CT molecular complexity index is 928. The van der Waals surface area contributed by atoms with Crippen LogP contribution in [0.25, 0.3) is 0 Å². The molecule has 0 aromatic heterocycles. The van der Waals surface area contributed by atoms with Gasteiger partial charge in [0.2, 0.25) is 0 Å². The van der Waals surface area contributed by atoms with Gasteiger partial charge in [-0.15, -0.1) is 0 Å². The Morgan fingerprint density at radius 3 is 2.03 bits per heavy atom. The fourth-order valence-electron chi connectivity index (χ4n) is 4.59. The summed E-state index contributed by atoms with van der Waals surface area (Å²) >= 11 is 17.9. The summed E-state index contributed by atoms with van der Waals surface area (Å²) in [5.74, 6) is 0.793. The Hall–Kier alpha value is -0.820. The van der Waals surface area contributed by atoms with E-state index in [4.69, 9.17) is 34.8 Å². The minimum Gasteiger partial charge on any atom is -0.368 e. The third kappa shape index (κ3) is 7.84. The van der Waals surface area contributed by atoms with Crippen LogP contribution in [0.5, 0.6) is 0 Å². The third-order valence-electron chi connectivity index (χ3n) is 6.85. The van der Waals surface area contributed by atoms with Crippen molar-refractivity contribution in [3.8, 4) is 0 Å². The zero-order valence-electron chi connectivity index (χ0n) is 19.6. The first-order valence-corrected chi connectivity index (χ1v) is 14.6. The predicted octanol–water partition coefficient (Wildman–Crippen LogP) is 6.38. The molecule has 0 amide bonds. The van der Waals surface area contributed by atoms with Crippen molar-refractivity contribution < 1.29 is 4.21 Å². The maximum atomic E-state index is 12.3. The van der Waals surface area contributed by atoms with Crippen molar-refractivity contribution in [2.45, 2.75) is 37.4 Å². The standard InChI is InChI=1S/C20H29Cl2N3OS.C6H5Cl/c21-17-1-4-20(19(22)15-17)24-13-11-23(12-14-24)8-5-16-6-9-25(10-7-16)27(26)18-2-3-18;7-6-4-2-1-3-5-6/h1,4,15-16,18H,2-3,5-14H2;1-5H. The Morgan fingerprint density at radius 1 is 0.794 bits per heavy atom. The van der Waals surface area contributed by atoms with Gasteiger partial charge in [-0.1, -0.05) is 53.0 Å². The zero-order chi connectivity index (χ0) is 23.9. The second-order valence-electron chi connectivity index (χ2n) is 9.36. The first-order chi connectivity index (χ1) is 16.5. The summed E-state index contributed by atoms with van der Waals surface area (Å²) in [4.78, 5) is 4.94. The number of rotatable bonds is 6. The highest BCUT2D eigenvalue weighted by Crippen LogP contribution is 2.32. The number of halogens is 3. The average molecular weight is 543 g/mol. The predicted molar refractivity (Wildman–Crippen MR) is 147 cm³/mol. The van der Waals surface area contributed by atoms with Gasteiger partial charge in [-0.05, 0) is 74.9 Å². The summed E-state index contributed by atoms with van der Waals surface area (Å²) in [6, 6.07) is 15.2. The second-order valence-corrected chi connectivity index (χ2v) is 12.4. The molecule has 34 heavy (non-hydrogen) atoms. The second kappa shape index (κ2) is 12.9. The highest BCUT2D eigenvalue weighted by molar-refractivity contribution is 7.83. The van der Waals surface area contributed by atoms with Crippen molar-refractivity contribution in [2.24, 2.45) is 5.92 Å². The molecule has 4 nitrogen and oxygen atoms in total. The zero-order valence-corrected chi connectivity index (χ0v) is 22.6. The molecule has 3 fully saturated rings. The van der Waals surface area contributed by atoms with Gasteiger partial charge in [0.15, 0.2) is 0 Å². The van der Waals surface area contributed by atoms with Crippen LogP contribution in [0.15, 0.2) is 48.5 Å². The topological polar surface area (TPSA) is 26.8 Å². The molecule has 3 aliphatic rings. The minimum atomic E-state index is -0.698. The molecular weight excluding hydrogens is 509 g/mol. The summed E-state index contributed by atoms with van der Waals surface area (Å²) in [7, 11) is -0.698. The first kappa shape index (κ1) is 26.2. The van der Waals surface area contributed by atoms with Crippen molar-refractivity contribution in [1.82, 2.24) is 9.21 Å². The molecular formula is C26H34Cl3N3OS. The van der Waals surface area contributed by atoms with Crippen molar-refractivity contribution in [2.75, 3.05) is 50.7 Å². The van der Waals surface area contributed by atoms with Crippen LogP contribution in [0.4, 0.5) is 5.69 Å². The van der Waals surface area contributed by atoms with Gasteiger partial charge in [0.25, 0.3) is 0 Å². The van der Waals surface area contributed by atoms with Gasteiger partial charge < -0.3 is 4.90 Å². The number of piperidine rings is 1. The summed E-state index contributed by atoms with van der Waals surface area (Å²) in [6.45, 7) is 7.43. The van der Waals surface area contributed by atoms with Crippen LogP contribution in [0.2, 0.25) is 15.1 Å². The summed E-state index contributed by atoms with van der Waals surface area (Å²) < 4.78 is 14.5. The third-order valence-corrected chi connectivity index (χ3v) is 9.55. The van der Waals surface area contributed by atoms with Crippen molar-refractivity contribution in [3.05, 3.63) is 63.6 Å². The molecule has 1 unspecified atom stereocenters. The summed E-state index contributed by atoms with van der Waals surface area (Å²) in [5, 5.41) is 2.70. The van der Waals surface area contributed by atoms with E-state index < -0.39 is 11.0 Å². The molecule has 2 aromatic carbocycles. The monoisotopic (exact) mass is 541 g/mol. The lowest BCUT2D eigenvalue weighted by atomic mass is 9.94. The van der Waals surface area contributed by atoms with Crippen molar-refractivity contribution >= 4 is 51.5 Å². The average Bonchev–Trinajstić information content (AvgIpc) is 3.70. The molecule has 2 aromatic rings. The molecule has 2 heterocycles. The quantitative estimate of drug-likeness (QED) is 0.423. The number of anilines is 1. The molecule has 0 N–H and O–H groups in total. The maximum absolute atomic E-state index is 12.3. The molecule has 0 radical (unpaired) electrons. The maximum Gasteiger partial charge on any atom is 0.0974 e.